The number of imide groups is 1. The Morgan fingerprint density at radius 3 is 2.48 bits per heavy atom. The molecule has 2 heterocycles. The Kier molecular flexibility index (Phi) is 5.82. The molecule has 4 nitrogen and oxygen atoms in total. The number of nitrogens with zero attached hydrogens (tertiary/aromatic N) is 2. The lowest BCUT2D eigenvalue weighted by Gasteiger charge is -2.14. The van der Waals surface area contributed by atoms with Crippen LogP contribution in [-0.2, 0) is 11.3 Å². The average molecular weight is 451 g/mol. The number of carbonyl (C=O) groups is 2. The van der Waals surface area contributed by atoms with Gasteiger partial charge in [0, 0.05) is 22.1 Å². The quantitative estimate of drug-likeness (QED) is 0.420. The van der Waals surface area contributed by atoms with Gasteiger partial charge in [0.15, 0.2) is 0 Å². The molecule has 1 aliphatic heterocycles. The Morgan fingerprint density at radius 1 is 1.00 bits per heavy atom. The van der Waals surface area contributed by atoms with Crippen LogP contribution in [0.2, 0.25) is 5.02 Å². The van der Waals surface area contributed by atoms with Crippen molar-refractivity contribution in [1.29, 1.82) is 0 Å². The Balaban J connectivity index is 1.66. The number of halogens is 1. The highest BCUT2D eigenvalue weighted by molar-refractivity contribution is 8.18. The molecule has 158 valence electrons. The minimum absolute atomic E-state index is 0.212. The van der Waals surface area contributed by atoms with E-state index in [0.717, 1.165) is 40.0 Å². The van der Waals surface area contributed by atoms with Crippen LogP contribution in [0.1, 0.15) is 33.6 Å². The molecule has 3 aromatic rings. The Labute approximate surface area is 191 Å². The molecule has 0 aliphatic carbocycles. The van der Waals surface area contributed by atoms with Crippen molar-refractivity contribution in [3.8, 4) is 5.69 Å². The van der Waals surface area contributed by atoms with Crippen molar-refractivity contribution >= 4 is 40.6 Å². The molecule has 0 spiro atoms. The maximum Gasteiger partial charge on any atom is 0.293 e. The maximum absolute atomic E-state index is 13.0. The maximum atomic E-state index is 13.0. The van der Waals surface area contributed by atoms with Gasteiger partial charge in [-0.3, -0.25) is 14.5 Å². The van der Waals surface area contributed by atoms with Crippen LogP contribution in [0.5, 0.6) is 0 Å². The zero-order chi connectivity index (χ0) is 22.3. The number of aromatic nitrogens is 1. The van der Waals surface area contributed by atoms with Crippen molar-refractivity contribution < 1.29 is 9.59 Å². The molecular formula is C25H23ClN2O2S. The molecule has 1 aromatic heterocycles. The molecule has 0 unspecified atom stereocenters. The molecule has 0 saturated carbocycles. The van der Waals surface area contributed by atoms with Crippen molar-refractivity contribution in [2.24, 2.45) is 0 Å². The van der Waals surface area contributed by atoms with E-state index in [4.69, 9.17) is 11.6 Å². The number of hydrogen-bond acceptors (Lipinski definition) is 3. The number of benzene rings is 2. The SMILES string of the molecule is Cc1cccc(-n2c(C)cc(/C=C3\SC(=O)N(Cc4cccc(Cl)c4)C3=O)c2C)c1C. The van der Waals surface area contributed by atoms with Crippen molar-refractivity contribution in [2.75, 3.05) is 0 Å². The summed E-state index contributed by atoms with van der Waals surface area (Å²) in [5.41, 5.74) is 7.45. The lowest BCUT2D eigenvalue weighted by molar-refractivity contribution is -0.123. The number of rotatable bonds is 4. The highest BCUT2D eigenvalue weighted by atomic mass is 35.5. The topological polar surface area (TPSA) is 42.3 Å². The summed E-state index contributed by atoms with van der Waals surface area (Å²) in [5.74, 6) is -0.272. The standard InChI is InChI=1S/C25H23ClN2O2S/c1-15-7-5-10-22(17(15)3)28-16(2)11-20(18(28)4)13-23-24(29)27(25(30)31-23)14-19-8-6-9-21(26)12-19/h5-13H,14H2,1-4H3/b23-13-. The van der Waals surface area contributed by atoms with Crippen LogP contribution in [-0.4, -0.2) is 20.6 Å². The van der Waals surface area contributed by atoms with Gasteiger partial charge in [0.2, 0.25) is 0 Å². The van der Waals surface area contributed by atoms with E-state index in [0.29, 0.717) is 9.93 Å². The van der Waals surface area contributed by atoms with Crippen molar-refractivity contribution in [3.63, 3.8) is 0 Å². The van der Waals surface area contributed by atoms with E-state index in [1.807, 2.05) is 25.1 Å². The van der Waals surface area contributed by atoms with Gasteiger partial charge >= 0.3 is 0 Å². The summed E-state index contributed by atoms with van der Waals surface area (Å²) in [7, 11) is 0. The third-order valence-electron chi connectivity index (χ3n) is 5.68. The first-order chi connectivity index (χ1) is 14.8. The van der Waals surface area contributed by atoms with E-state index in [9.17, 15) is 9.59 Å². The number of aryl methyl sites for hydroxylation is 2. The summed E-state index contributed by atoms with van der Waals surface area (Å²) in [6.45, 7) is 8.52. The van der Waals surface area contributed by atoms with Crippen LogP contribution in [0.3, 0.4) is 0 Å². The third kappa shape index (κ3) is 4.08. The monoisotopic (exact) mass is 450 g/mol. The molecular weight excluding hydrogens is 428 g/mol. The molecule has 0 atom stereocenters. The average Bonchev–Trinajstić information content (AvgIpc) is 3.14. The highest BCUT2D eigenvalue weighted by Gasteiger charge is 2.35. The second kappa shape index (κ2) is 8.40. The normalized spacial score (nSPS) is 15.4. The van der Waals surface area contributed by atoms with Crippen molar-refractivity contribution in [1.82, 2.24) is 9.47 Å². The number of thioether (sulfide) groups is 1. The smallest absolute Gasteiger partial charge is 0.293 e. The highest BCUT2D eigenvalue weighted by Crippen LogP contribution is 2.35. The van der Waals surface area contributed by atoms with Crippen LogP contribution in [0.4, 0.5) is 4.79 Å². The predicted octanol–water partition coefficient (Wildman–Crippen LogP) is 6.60. The summed E-state index contributed by atoms with van der Waals surface area (Å²) in [6.07, 6.45) is 1.83. The van der Waals surface area contributed by atoms with Crippen molar-refractivity contribution in [2.45, 2.75) is 34.2 Å². The van der Waals surface area contributed by atoms with Crippen LogP contribution in [0.15, 0.2) is 53.4 Å². The van der Waals surface area contributed by atoms with Gasteiger partial charge < -0.3 is 4.57 Å². The van der Waals surface area contributed by atoms with Gasteiger partial charge in [0.05, 0.1) is 11.4 Å². The summed E-state index contributed by atoms with van der Waals surface area (Å²) in [5, 5.41) is 0.318. The second-order valence-electron chi connectivity index (χ2n) is 7.78. The second-order valence-corrected chi connectivity index (χ2v) is 9.21. The molecule has 1 aliphatic rings. The molecule has 1 fully saturated rings. The van der Waals surface area contributed by atoms with E-state index < -0.39 is 0 Å². The van der Waals surface area contributed by atoms with Crippen LogP contribution >= 0.6 is 23.4 Å². The van der Waals surface area contributed by atoms with Gasteiger partial charge in [-0.05, 0) is 92.1 Å². The van der Waals surface area contributed by atoms with Crippen LogP contribution < -0.4 is 0 Å². The molecule has 1 saturated heterocycles. The summed E-state index contributed by atoms with van der Waals surface area (Å²) in [6, 6.07) is 15.5. The molecule has 4 rings (SSSR count). The van der Waals surface area contributed by atoms with Gasteiger partial charge in [-0.25, -0.2) is 0 Å². The molecule has 2 aromatic carbocycles. The van der Waals surface area contributed by atoms with Crippen LogP contribution in [0.25, 0.3) is 11.8 Å². The zero-order valence-corrected chi connectivity index (χ0v) is 19.5. The lowest BCUT2D eigenvalue weighted by atomic mass is 10.1. The van der Waals surface area contributed by atoms with Gasteiger partial charge in [-0.2, -0.15) is 0 Å². The Morgan fingerprint density at radius 2 is 1.74 bits per heavy atom. The van der Waals surface area contributed by atoms with E-state index in [1.165, 1.54) is 16.0 Å². The number of carbonyl (C=O) groups excluding carboxylic acids is 2. The predicted molar refractivity (Wildman–Crippen MR) is 128 cm³/mol. The first kappa shape index (κ1) is 21.5. The molecule has 31 heavy (non-hydrogen) atoms. The van der Waals surface area contributed by atoms with E-state index in [1.54, 1.807) is 12.1 Å². The zero-order valence-electron chi connectivity index (χ0n) is 17.9. The minimum atomic E-state index is -0.272. The van der Waals surface area contributed by atoms with Crippen LogP contribution in [0, 0.1) is 27.7 Å². The first-order valence-electron chi connectivity index (χ1n) is 10.0. The summed E-state index contributed by atoms with van der Waals surface area (Å²) < 4.78 is 2.20. The Hall–Kier alpha value is -2.76. The van der Waals surface area contributed by atoms with E-state index in [2.05, 4.69) is 49.6 Å². The van der Waals surface area contributed by atoms with Gasteiger partial charge in [-0.15, -0.1) is 0 Å². The fourth-order valence-corrected chi connectivity index (χ4v) is 4.92. The Bertz CT molecular complexity index is 1240. The fourth-order valence-electron chi connectivity index (χ4n) is 3.88. The fraction of sp³-hybridized carbons (Fsp3) is 0.200. The van der Waals surface area contributed by atoms with Gasteiger partial charge in [0.25, 0.3) is 11.1 Å². The van der Waals surface area contributed by atoms with Crippen molar-refractivity contribution in [3.05, 3.63) is 92.1 Å². The van der Waals surface area contributed by atoms with E-state index in [-0.39, 0.29) is 17.7 Å². The minimum Gasteiger partial charge on any atom is -0.318 e. The molecule has 0 N–H and O–H groups in total. The molecule has 2 amide bonds. The number of hydrogen-bond donors (Lipinski definition) is 0. The molecule has 6 heteroatoms. The summed E-state index contributed by atoms with van der Waals surface area (Å²) >= 11 is 7.02. The number of amides is 2. The molecule has 0 radical (unpaired) electrons. The van der Waals surface area contributed by atoms with Gasteiger partial charge in [-0.1, -0.05) is 35.9 Å². The third-order valence-corrected chi connectivity index (χ3v) is 6.82. The summed E-state index contributed by atoms with van der Waals surface area (Å²) in [4.78, 5) is 27.2. The van der Waals surface area contributed by atoms with E-state index >= 15 is 0 Å². The van der Waals surface area contributed by atoms with Gasteiger partial charge in [0.1, 0.15) is 0 Å². The first-order valence-corrected chi connectivity index (χ1v) is 11.2. The molecule has 0 bridgehead atoms. The largest absolute Gasteiger partial charge is 0.318 e. The lowest BCUT2D eigenvalue weighted by Crippen LogP contribution is -2.27.